The number of anilines is 2. The Balaban J connectivity index is 1.28. The first-order valence-corrected chi connectivity index (χ1v) is 12.1. The number of hydrogen-bond acceptors (Lipinski definition) is 6. The molecule has 4 rings (SSSR count). The molecule has 0 saturated heterocycles. The first-order chi connectivity index (χ1) is 15.6. The van der Waals surface area contributed by atoms with Gasteiger partial charge >= 0.3 is 6.09 Å². The maximum Gasteiger partial charge on any atom is 0.407 e. The lowest BCUT2D eigenvalue weighted by molar-refractivity contribution is -0.111. The van der Waals surface area contributed by atoms with Crippen molar-refractivity contribution in [2.24, 2.45) is 5.92 Å². The van der Waals surface area contributed by atoms with E-state index in [0.29, 0.717) is 17.3 Å². The molecule has 0 radical (unpaired) electrons. The summed E-state index contributed by atoms with van der Waals surface area (Å²) in [7, 11) is 0. The minimum absolute atomic E-state index is 0.224. The lowest BCUT2D eigenvalue weighted by atomic mass is 9.89. The van der Waals surface area contributed by atoms with Crippen LogP contribution >= 0.6 is 11.3 Å². The second-order valence-electron chi connectivity index (χ2n) is 8.54. The Morgan fingerprint density at radius 3 is 2.88 bits per heavy atom. The Morgan fingerprint density at radius 2 is 2.09 bits per heavy atom. The van der Waals surface area contributed by atoms with E-state index in [9.17, 15) is 9.59 Å². The minimum atomic E-state index is -0.304. The Bertz CT molecular complexity index is 967. The number of nitrogen functional groups attached to an aromatic ring is 1. The van der Waals surface area contributed by atoms with Gasteiger partial charge in [0, 0.05) is 29.4 Å². The van der Waals surface area contributed by atoms with Crippen molar-refractivity contribution in [3.8, 4) is 0 Å². The van der Waals surface area contributed by atoms with E-state index in [4.69, 9.17) is 10.5 Å². The van der Waals surface area contributed by atoms with Gasteiger partial charge in [0.25, 0.3) is 0 Å². The van der Waals surface area contributed by atoms with E-state index < -0.39 is 0 Å². The van der Waals surface area contributed by atoms with Crippen LogP contribution < -0.4 is 16.4 Å². The van der Waals surface area contributed by atoms with Gasteiger partial charge in [0.1, 0.15) is 5.00 Å². The Labute approximate surface area is 192 Å². The summed E-state index contributed by atoms with van der Waals surface area (Å²) in [5.74, 6) is 0.0464. The van der Waals surface area contributed by atoms with E-state index in [1.54, 1.807) is 18.5 Å². The molecular weight excluding hydrogens is 424 g/mol. The number of pyridine rings is 1. The van der Waals surface area contributed by atoms with Crippen LogP contribution in [0.4, 0.5) is 15.5 Å². The van der Waals surface area contributed by atoms with Gasteiger partial charge in [-0.05, 0) is 61.3 Å². The summed E-state index contributed by atoms with van der Waals surface area (Å²) in [5.41, 5.74) is 8.95. The highest BCUT2D eigenvalue weighted by Gasteiger charge is 2.26. The number of hydrogen-bond donors (Lipinski definition) is 3. The van der Waals surface area contributed by atoms with Gasteiger partial charge in [0.15, 0.2) is 0 Å². The van der Waals surface area contributed by atoms with Crippen LogP contribution in [-0.4, -0.2) is 29.6 Å². The maximum absolute atomic E-state index is 12.3. The van der Waals surface area contributed by atoms with Crippen LogP contribution in [0.1, 0.15) is 54.5 Å². The van der Waals surface area contributed by atoms with Crippen molar-refractivity contribution in [2.45, 2.75) is 57.4 Å². The van der Waals surface area contributed by atoms with Crippen LogP contribution in [0.15, 0.2) is 30.6 Å². The third-order valence-electron chi connectivity index (χ3n) is 6.13. The largest absolute Gasteiger partial charge is 0.449 e. The number of alkyl carbamates (subject to hydrolysis) is 1. The number of nitrogens with one attached hydrogen (secondary N) is 2. The number of aromatic nitrogens is 1. The second kappa shape index (κ2) is 10.6. The zero-order valence-corrected chi connectivity index (χ0v) is 19.0. The summed E-state index contributed by atoms with van der Waals surface area (Å²) < 4.78 is 5.51. The molecule has 8 heteroatoms. The number of nitrogens with two attached hydrogens (primary N) is 1. The topological polar surface area (TPSA) is 106 Å². The number of carbonyl (C=O) groups is 2. The summed E-state index contributed by atoms with van der Waals surface area (Å²) >= 11 is 1.52. The molecule has 2 aromatic rings. The molecule has 1 fully saturated rings. The molecule has 32 heavy (non-hydrogen) atoms. The Kier molecular flexibility index (Phi) is 7.42. The van der Waals surface area contributed by atoms with E-state index >= 15 is 0 Å². The molecule has 2 aromatic heterocycles. The summed E-state index contributed by atoms with van der Waals surface area (Å²) in [4.78, 5) is 29.7. The van der Waals surface area contributed by atoms with E-state index in [1.807, 2.05) is 12.1 Å². The predicted octanol–water partition coefficient (Wildman–Crippen LogP) is 4.54. The number of nitrogens with zero attached hydrogens (tertiary/aromatic N) is 1. The number of amides is 2. The third-order valence-corrected chi connectivity index (χ3v) is 7.32. The van der Waals surface area contributed by atoms with Gasteiger partial charge in [0.2, 0.25) is 5.91 Å². The van der Waals surface area contributed by atoms with Crippen LogP contribution in [-0.2, 0) is 22.4 Å². The normalized spacial score (nSPS) is 18.8. The van der Waals surface area contributed by atoms with Crippen LogP contribution in [0.2, 0.25) is 0 Å². The fourth-order valence-electron chi connectivity index (χ4n) is 4.36. The molecule has 0 aliphatic heterocycles. The van der Waals surface area contributed by atoms with E-state index in [-0.39, 0.29) is 24.0 Å². The fraction of sp³-hybridized carbons (Fsp3) is 0.458. The lowest BCUT2D eigenvalue weighted by Crippen LogP contribution is -2.37. The average Bonchev–Trinajstić information content (AvgIpc) is 3.12. The van der Waals surface area contributed by atoms with Gasteiger partial charge in [0.05, 0.1) is 12.3 Å². The van der Waals surface area contributed by atoms with E-state index in [2.05, 4.69) is 15.6 Å². The van der Waals surface area contributed by atoms with Gasteiger partial charge < -0.3 is 21.1 Å². The van der Waals surface area contributed by atoms with Gasteiger partial charge in [-0.15, -0.1) is 11.3 Å². The molecule has 2 amide bonds. The van der Waals surface area contributed by atoms with Crippen molar-refractivity contribution in [3.05, 3.63) is 46.6 Å². The molecule has 0 spiro atoms. The molecule has 2 aliphatic rings. The molecule has 1 unspecified atom stereocenters. The molecule has 0 bridgehead atoms. The van der Waals surface area contributed by atoms with Crippen LogP contribution in [0.25, 0.3) is 6.08 Å². The van der Waals surface area contributed by atoms with Gasteiger partial charge in [-0.2, -0.15) is 0 Å². The molecule has 2 aliphatic carbocycles. The molecule has 170 valence electrons. The fourth-order valence-corrected chi connectivity index (χ4v) is 5.65. The van der Waals surface area contributed by atoms with Gasteiger partial charge in [-0.1, -0.05) is 25.3 Å². The van der Waals surface area contributed by atoms with Crippen molar-refractivity contribution in [1.82, 2.24) is 10.3 Å². The molecular formula is C24H30N4O3S. The van der Waals surface area contributed by atoms with Crippen LogP contribution in [0.3, 0.4) is 0 Å². The number of rotatable bonds is 6. The van der Waals surface area contributed by atoms with Gasteiger partial charge in [-0.3, -0.25) is 9.78 Å². The quantitative estimate of drug-likeness (QED) is 0.556. The highest BCUT2D eigenvalue weighted by molar-refractivity contribution is 7.17. The minimum Gasteiger partial charge on any atom is -0.449 e. The molecule has 0 aromatic carbocycles. The third kappa shape index (κ3) is 5.88. The number of fused-ring (bicyclic) bond motifs is 1. The molecule has 7 nitrogen and oxygen atoms in total. The zero-order valence-electron chi connectivity index (χ0n) is 18.1. The Hall–Kier alpha value is -2.87. The standard InChI is InChI=1S/C24H30N4O3S/c25-22-19-10-8-17(15-31-24(30)27-18-6-2-1-3-7-18)13-20(19)32-23(22)28-21(29)11-9-16-5-4-12-26-14-16/h4-5,9,11-12,14,17-18H,1-3,6-8,10,13,15,25H2,(H,27,30)(H,28,29)/b11-9+. The highest BCUT2D eigenvalue weighted by Crippen LogP contribution is 2.41. The summed E-state index contributed by atoms with van der Waals surface area (Å²) in [6, 6.07) is 3.96. The average molecular weight is 455 g/mol. The summed E-state index contributed by atoms with van der Waals surface area (Å²) in [6.07, 6.45) is 14.5. The van der Waals surface area contributed by atoms with Gasteiger partial charge in [-0.25, -0.2) is 4.79 Å². The lowest BCUT2D eigenvalue weighted by Gasteiger charge is -2.24. The maximum atomic E-state index is 12.3. The number of thiophene rings is 1. The summed E-state index contributed by atoms with van der Waals surface area (Å²) in [6.45, 7) is 0.408. The molecule has 1 saturated carbocycles. The Morgan fingerprint density at radius 1 is 1.25 bits per heavy atom. The SMILES string of the molecule is Nc1c(NC(=O)/C=C/c2cccnc2)sc2c1CCC(COC(=O)NC1CCCCC1)C2. The second-order valence-corrected chi connectivity index (χ2v) is 9.65. The predicted molar refractivity (Wildman–Crippen MR) is 128 cm³/mol. The number of carbonyl (C=O) groups excluding carboxylic acids is 2. The molecule has 4 N–H and O–H groups in total. The van der Waals surface area contributed by atoms with E-state index in [1.165, 1.54) is 41.6 Å². The molecule has 2 heterocycles. The van der Waals surface area contributed by atoms with Crippen molar-refractivity contribution >= 4 is 40.1 Å². The van der Waals surface area contributed by atoms with Crippen molar-refractivity contribution in [1.29, 1.82) is 0 Å². The summed E-state index contributed by atoms with van der Waals surface area (Å²) in [5, 5.41) is 6.59. The van der Waals surface area contributed by atoms with Crippen molar-refractivity contribution in [3.63, 3.8) is 0 Å². The number of ether oxygens (including phenoxy) is 1. The van der Waals surface area contributed by atoms with Crippen LogP contribution in [0.5, 0.6) is 0 Å². The zero-order chi connectivity index (χ0) is 22.3. The first kappa shape index (κ1) is 22.3. The van der Waals surface area contributed by atoms with Crippen molar-refractivity contribution in [2.75, 3.05) is 17.7 Å². The molecule has 1 atom stereocenters. The monoisotopic (exact) mass is 454 g/mol. The highest BCUT2D eigenvalue weighted by atomic mass is 32.1. The first-order valence-electron chi connectivity index (χ1n) is 11.3. The van der Waals surface area contributed by atoms with Crippen molar-refractivity contribution < 1.29 is 14.3 Å². The van der Waals surface area contributed by atoms with Crippen LogP contribution in [0, 0.1) is 5.92 Å². The van der Waals surface area contributed by atoms with E-state index in [0.717, 1.165) is 43.2 Å². The smallest absolute Gasteiger partial charge is 0.407 e.